The maximum Gasteiger partial charge on any atom is 0.0610 e. The highest BCUT2D eigenvalue weighted by Gasteiger charge is 2.36. The van der Waals surface area contributed by atoms with Gasteiger partial charge in [0.1, 0.15) is 0 Å². The molecule has 0 amide bonds. The summed E-state index contributed by atoms with van der Waals surface area (Å²) < 4.78 is 2.64. The summed E-state index contributed by atoms with van der Waals surface area (Å²) >= 11 is 0. The summed E-state index contributed by atoms with van der Waals surface area (Å²) in [5.74, 6) is 0. The first-order valence-corrected chi connectivity index (χ1v) is 13.3. The van der Waals surface area contributed by atoms with E-state index >= 15 is 0 Å². The third-order valence-corrected chi connectivity index (χ3v) is 8.86. The largest absolute Gasteiger partial charge is 0.316 e. The van der Waals surface area contributed by atoms with Crippen LogP contribution in [-0.4, -0.2) is 4.40 Å². The van der Waals surface area contributed by atoms with Crippen molar-refractivity contribution in [1.29, 1.82) is 0 Å². The first kappa shape index (κ1) is 21.0. The zero-order valence-electron chi connectivity index (χ0n) is 21.5. The monoisotopic (exact) mass is 455 g/mol. The van der Waals surface area contributed by atoms with Crippen molar-refractivity contribution in [3.63, 3.8) is 0 Å². The van der Waals surface area contributed by atoms with Crippen LogP contribution in [0.3, 0.4) is 0 Å². The smallest absolute Gasteiger partial charge is 0.0610 e. The van der Waals surface area contributed by atoms with E-state index in [0.717, 1.165) is 25.7 Å². The van der Waals surface area contributed by atoms with Crippen LogP contribution >= 0.6 is 0 Å². The van der Waals surface area contributed by atoms with Crippen molar-refractivity contribution in [3.8, 4) is 11.1 Å². The molecule has 2 aliphatic rings. The molecule has 0 radical (unpaired) electrons. The van der Waals surface area contributed by atoms with Gasteiger partial charge >= 0.3 is 0 Å². The third-order valence-electron chi connectivity index (χ3n) is 8.86. The maximum atomic E-state index is 2.64. The number of fused-ring (bicyclic) bond motifs is 6. The Morgan fingerprint density at radius 2 is 1.60 bits per heavy atom. The predicted octanol–water partition coefficient (Wildman–Crippen LogP) is 8.65. The summed E-state index contributed by atoms with van der Waals surface area (Å²) in [4.78, 5) is 0. The Morgan fingerprint density at radius 1 is 0.857 bits per heavy atom. The molecule has 35 heavy (non-hydrogen) atoms. The Kier molecular flexibility index (Phi) is 4.26. The van der Waals surface area contributed by atoms with Crippen molar-refractivity contribution in [3.05, 3.63) is 105 Å². The highest BCUT2D eigenvalue weighted by Crippen LogP contribution is 2.51. The van der Waals surface area contributed by atoms with Gasteiger partial charge in [0.25, 0.3) is 0 Å². The number of allylic oxidation sites excluding steroid dienone is 1. The highest BCUT2D eigenvalue weighted by molar-refractivity contribution is 6.08. The summed E-state index contributed by atoms with van der Waals surface area (Å²) in [7, 11) is 0. The van der Waals surface area contributed by atoms with E-state index in [1.807, 2.05) is 0 Å². The van der Waals surface area contributed by atoms with E-state index in [2.05, 4.69) is 99.7 Å². The fourth-order valence-electron chi connectivity index (χ4n) is 7.26. The van der Waals surface area contributed by atoms with Gasteiger partial charge in [0.2, 0.25) is 0 Å². The molecule has 1 heteroatoms. The molecule has 0 aliphatic heterocycles. The summed E-state index contributed by atoms with van der Waals surface area (Å²) in [6.45, 7) is 11.6. The standard InChI is InChI=1S/C34H33N/c1-6-22-26-11-8-12-27-32-23(10-9-13-31(32)35(33(26)27)30(22)7-2)21-15-17-25-24-16-14-20(3)18-28(24)34(4,5)29(25)19-21/h8,10-12,14-19H,6-7,9,13H2,1-5H3. The average molecular weight is 456 g/mol. The van der Waals surface area contributed by atoms with Crippen molar-refractivity contribution < 1.29 is 0 Å². The van der Waals surface area contributed by atoms with Gasteiger partial charge in [-0.3, -0.25) is 0 Å². The lowest BCUT2D eigenvalue weighted by atomic mass is 9.80. The molecule has 0 saturated carbocycles. The first-order valence-electron chi connectivity index (χ1n) is 13.3. The number of aryl methyl sites for hydroxylation is 4. The highest BCUT2D eigenvalue weighted by atomic mass is 14.9. The van der Waals surface area contributed by atoms with Gasteiger partial charge in [-0.25, -0.2) is 0 Å². The molecular weight excluding hydrogens is 422 g/mol. The van der Waals surface area contributed by atoms with Crippen LogP contribution in [0.2, 0.25) is 0 Å². The molecule has 0 atom stereocenters. The molecule has 0 spiro atoms. The van der Waals surface area contributed by atoms with Crippen molar-refractivity contribution in [2.24, 2.45) is 0 Å². The minimum atomic E-state index is 0.0194. The molecule has 2 aromatic heterocycles. The normalized spacial score (nSPS) is 16.0. The molecule has 0 saturated heterocycles. The van der Waals surface area contributed by atoms with E-state index in [0.29, 0.717) is 0 Å². The van der Waals surface area contributed by atoms with Crippen LogP contribution in [-0.2, 0) is 24.7 Å². The van der Waals surface area contributed by atoms with Crippen LogP contribution < -0.4 is 0 Å². The van der Waals surface area contributed by atoms with Gasteiger partial charge in [-0.05, 0) is 77.6 Å². The number of hydrogen-bond acceptors (Lipinski definition) is 0. The third kappa shape index (κ3) is 2.59. The number of aromatic nitrogens is 1. The molecule has 0 unspecified atom stereocenters. The average Bonchev–Trinajstić information content (AvgIpc) is 3.46. The zero-order valence-corrected chi connectivity index (χ0v) is 21.5. The van der Waals surface area contributed by atoms with E-state index in [9.17, 15) is 0 Å². The molecule has 1 nitrogen and oxygen atoms in total. The van der Waals surface area contributed by atoms with Gasteiger partial charge < -0.3 is 4.40 Å². The van der Waals surface area contributed by atoms with E-state index in [-0.39, 0.29) is 5.41 Å². The van der Waals surface area contributed by atoms with Crippen LogP contribution in [0, 0.1) is 6.92 Å². The molecule has 0 bridgehead atoms. The number of benzene rings is 3. The number of nitrogens with zero attached hydrogens (tertiary/aromatic N) is 1. The molecule has 5 aromatic rings. The Hall–Kier alpha value is -3.32. The van der Waals surface area contributed by atoms with Crippen molar-refractivity contribution in [2.45, 2.75) is 65.7 Å². The topological polar surface area (TPSA) is 4.41 Å². The second-order valence-corrected chi connectivity index (χ2v) is 11.1. The lowest BCUT2D eigenvalue weighted by Gasteiger charge is -2.23. The molecule has 7 rings (SSSR count). The molecule has 174 valence electrons. The van der Waals surface area contributed by atoms with Crippen LogP contribution in [0.1, 0.15) is 78.9 Å². The fourth-order valence-corrected chi connectivity index (χ4v) is 7.26. The fraction of sp³-hybridized carbons (Fsp3) is 0.294. The minimum absolute atomic E-state index is 0.0194. The number of para-hydroxylation sites is 1. The molecule has 3 aromatic carbocycles. The van der Waals surface area contributed by atoms with E-state index in [4.69, 9.17) is 0 Å². The van der Waals surface area contributed by atoms with Gasteiger partial charge in [-0.1, -0.05) is 87.9 Å². The minimum Gasteiger partial charge on any atom is -0.316 e. The van der Waals surface area contributed by atoms with Gasteiger partial charge in [-0.2, -0.15) is 0 Å². The Morgan fingerprint density at radius 3 is 2.37 bits per heavy atom. The van der Waals surface area contributed by atoms with Gasteiger partial charge in [0.15, 0.2) is 0 Å². The maximum absolute atomic E-state index is 2.64. The lowest BCUT2D eigenvalue weighted by molar-refractivity contribution is 0.659. The summed E-state index contributed by atoms with van der Waals surface area (Å²) in [6.07, 6.45) is 6.90. The molecule has 0 fully saturated rings. The second-order valence-electron chi connectivity index (χ2n) is 11.1. The van der Waals surface area contributed by atoms with E-state index in [1.54, 1.807) is 5.56 Å². The first-order chi connectivity index (χ1) is 17.0. The van der Waals surface area contributed by atoms with Crippen molar-refractivity contribution in [2.75, 3.05) is 0 Å². The van der Waals surface area contributed by atoms with Gasteiger partial charge in [-0.15, -0.1) is 0 Å². The Balaban J connectivity index is 1.46. The van der Waals surface area contributed by atoms with Crippen LogP contribution in [0.25, 0.3) is 33.0 Å². The van der Waals surface area contributed by atoms with E-state index in [1.165, 1.54) is 72.2 Å². The number of rotatable bonds is 3. The van der Waals surface area contributed by atoms with Crippen LogP contribution in [0.5, 0.6) is 0 Å². The molecule has 0 N–H and O–H groups in total. The van der Waals surface area contributed by atoms with Gasteiger partial charge in [0, 0.05) is 33.1 Å². The van der Waals surface area contributed by atoms with Crippen LogP contribution in [0.15, 0.2) is 60.7 Å². The number of hydrogen-bond donors (Lipinski definition) is 0. The van der Waals surface area contributed by atoms with E-state index < -0.39 is 0 Å². The molecular formula is C34H33N. The van der Waals surface area contributed by atoms with Crippen molar-refractivity contribution >= 4 is 21.9 Å². The quantitative estimate of drug-likeness (QED) is 0.256. The molecule has 2 aliphatic carbocycles. The zero-order chi connectivity index (χ0) is 24.1. The summed E-state index contributed by atoms with van der Waals surface area (Å²) in [5.41, 5.74) is 17.4. The van der Waals surface area contributed by atoms with Gasteiger partial charge in [0.05, 0.1) is 5.52 Å². The lowest BCUT2D eigenvalue weighted by Crippen LogP contribution is -2.15. The van der Waals surface area contributed by atoms with Crippen molar-refractivity contribution in [1.82, 2.24) is 4.40 Å². The van der Waals surface area contributed by atoms with Crippen LogP contribution in [0.4, 0.5) is 0 Å². The Bertz CT molecular complexity index is 1690. The second kappa shape index (κ2) is 7.10. The molecule has 2 heterocycles. The SMILES string of the molecule is CCc1c(CC)n2c3c(c4cccc1c42)C(c1ccc2c(c1)C(C)(C)c1cc(C)ccc1-2)=CCC3. The predicted molar refractivity (Wildman–Crippen MR) is 149 cm³/mol. The Labute approximate surface area is 208 Å². The summed E-state index contributed by atoms with van der Waals surface area (Å²) in [5, 5.41) is 2.88. The summed E-state index contributed by atoms with van der Waals surface area (Å²) in [6, 6.07) is 21.2.